The number of methoxy groups -OCH3 is 1. The van der Waals surface area contributed by atoms with E-state index >= 15 is 0 Å². The van der Waals surface area contributed by atoms with E-state index in [2.05, 4.69) is 12.2 Å². The predicted octanol–water partition coefficient (Wildman–Crippen LogP) is 3.92. The number of aromatic nitrogens is 4. The maximum atomic E-state index is 14.4. The number of hydrogen-bond donors (Lipinski definition) is 1. The zero-order valence-electron chi connectivity index (χ0n) is 19.8. The van der Waals surface area contributed by atoms with Crippen molar-refractivity contribution in [1.82, 2.24) is 24.2 Å². The first-order valence-electron chi connectivity index (χ1n) is 11.4. The first-order valence-corrected chi connectivity index (χ1v) is 11.4. The van der Waals surface area contributed by atoms with E-state index in [0.717, 1.165) is 41.2 Å². The molecule has 0 radical (unpaired) electrons. The topological polar surface area (TPSA) is 66.0 Å². The van der Waals surface area contributed by atoms with Crippen LogP contribution in [0.3, 0.4) is 0 Å². The van der Waals surface area contributed by atoms with Crippen LogP contribution in [0, 0.1) is 19.7 Å². The molecule has 1 N–H and O–H groups in total. The molecule has 1 aliphatic heterocycles. The number of rotatable bonds is 5. The molecular weight excluding hydrogens is 433 g/mol. The maximum absolute atomic E-state index is 14.4. The number of hydrogen-bond acceptors (Lipinski definition) is 4. The predicted molar refractivity (Wildman–Crippen MR) is 129 cm³/mol. The lowest BCUT2D eigenvalue weighted by molar-refractivity contribution is 0.185. The van der Waals surface area contributed by atoms with Crippen molar-refractivity contribution in [2.45, 2.75) is 39.8 Å². The molecule has 2 aromatic carbocycles. The Bertz CT molecular complexity index is 1390. The van der Waals surface area contributed by atoms with Gasteiger partial charge in [-0.15, -0.1) is 0 Å². The van der Waals surface area contributed by atoms with Gasteiger partial charge in [0.1, 0.15) is 11.6 Å². The number of ether oxygens (including phenoxy) is 1. The molecule has 7 nitrogen and oxygen atoms in total. The summed E-state index contributed by atoms with van der Waals surface area (Å²) in [4.78, 5) is 13.6. The van der Waals surface area contributed by atoms with Gasteiger partial charge in [-0.2, -0.15) is 5.10 Å². The van der Waals surface area contributed by atoms with Gasteiger partial charge in [-0.3, -0.25) is 9.13 Å². The number of nitrogens with one attached hydrogen (secondary N) is 1. The van der Waals surface area contributed by atoms with E-state index in [4.69, 9.17) is 9.84 Å². The summed E-state index contributed by atoms with van der Waals surface area (Å²) < 4.78 is 24.6. The molecule has 0 saturated heterocycles. The van der Waals surface area contributed by atoms with Crippen molar-refractivity contribution in [3.05, 3.63) is 93.0 Å². The van der Waals surface area contributed by atoms with E-state index in [0.29, 0.717) is 23.6 Å². The van der Waals surface area contributed by atoms with E-state index in [1.54, 1.807) is 59.3 Å². The van der Waals surface area contributed by atoms with Crippen LogP contribution in [-0.2, 0) is 17.8 Å². The van der Waals surface area contributed by atoms with E-state index < -0.39 is 0 Å². The SMILES string of the molecule is COCc1ccc(-n2ccn(-c3c4c(nn3-c3cc(C)c(F)c(C)c3)CCN[C@H]4C)c2=O)cc1. The fraction of sp³-hybridized carbons (Fsp3) is 0.308. The van der Waals surface area contributed by atoms with Crippen molar-refractivity contribution >= 4 is 0 Å². The normalized spacial score (nSPS) is 15.5. The van der Waals surface area contributed by atoms with Crippen LogP contribution in [0.25, 0.3) is 17.2 Å². The summed E-state index contributed by atoms with van der Waals surface area (Å²) in [6.45, 7) is 6.90. The van der Waals surface area contributed by atoms with Crippen LogP contribution < -0.4 is 11.0 Å². The van der Waals surface area contributed by atoms with E-state index in [9.17, 15) is 9.18 Å². The molecule has 0 saturated carbocycles. The van der Waals surface area contributed by atoms with Crippen molar-refractivity contribution in [2.75, 3.05) is 13.7 Å². The first-order chi connectivity index (χ1) is 16.4. The van der Waals surface area contributed by atoms with Crippen LogP contribution in [0.4, 0.5) is 4.39 Å². The number of nitrogens with zero attached hydrogens (tertiary/aromatic N) is 4. The molecule has 176 valence electrons. The molecule has 0 unspecified atom stereocenters. The van der Waals surface area contributed by atoms with Crippen molar-refractivity contribution in [2.24, 2.45) is 0 Å². The maximum Gasteiger partial charge on any atom is 0.338 e. The summed E-state index contributed by atoms with van der Waals surface area (Å²) in [5.74, 6) is 0.456. The number of benzene rings is 2. The molecule has 1 atom stereocenters. The van der Waals surface area contributed by atoms with Crippen LogP contribution in [0.2, 0.25) is 0 Å². The Hall–Kier alpha value is -3.49. The van der Waals surface area contributed by atoms with Gasteiger partial charge in [0.05, 0.1) is 23.7 Å². The fourth-order valence-corrected chi connectivity index (χ4v) is 4.71. The van der Waals surface area contributed by atoms with E-state index in [-0.39, 0.29) is 17.5 Å². The lowest BCUT2D eigenvalue weighted by Crippen LogP contribution is -2.30. The van der Waals surface area contributed by atoms with Gasteiger partial charge >= 0.3 is 5.69 Å². The number of halogens is 1. The highest BCUT2D eigenvalue weighted by atomic mass is 19.1. The standard InChI is InChI=1S/C26H28FN5O2/c1-16-13-21(14-17(2)24(16)27)32-25(23-18(3)28-10-9-22(23)29-32)31-12-11-30(26(31)33)20-7-5-19(6-8-20)15-34-4/h5-8,11-14,18,28H,9-10,15H2,1-4H3/t18-/m0/s1. The summed E-state index contributed by atoms with van der Waals surface area (Å²) in [6, 6.07) is 11.3. The lowest BCUT2D eigenvalue weighted by atomic mass is 10.0. The third kappa shape index (κ3) is 3.69. The first kappa shape index (κ1) is 22.3. The Balaban J connectivity index is 1.69. The zero-order valence-corrected chi connectivity index (χ0v) is 19.8. The Morgan fingerprint density at radius 3 is 2.44 bits per heavy atom. The van der Waals surface area contributed by atoms with Gasteiger partial charge in [-0.1, -0.05) is 12.1 Å². The summed E-state index contributed by atoms with van der Waals surface area (Å²) in [7, 11) is 1.66. The third-order valence-corrected chi connectivity index (χ3v) is 6.41. The zero-order chi connectivity index (χ0) is 24.0. The highest BCUT2D eigenvalue weighted by Gasteiger charge is 2.29. The highest BCUT2D eigenvalue weighted by molar-refractivity contribution is 5.51. The van der Waals surface area contributed by atoms with Crippen LogP contribution in [0.1, 0.15) is 40.9 Å². The molecule has 8 heteroatoms. The largest absolute Gasteiger partial charge is 0.380 e. The average Bonchev–Trinajstić information content (AvgIpc) is 3.39. The Morgan fingerprint density at radius 1 is 1.09 bits per heavy atom. The van der Waals surface area contributed by atoms with E-state index in [1.165, 1.54) is 0 Å². The molecule has 34 heavy (non-hydrogen) atoms. The second-order valence-corrected chi connectivity index (χ2v) is 8.84. The van der Waals surface area contributed by atoms with Crippen molar-refractivity contribution in [1.29, 1.82) is 0 Å². The second-order valence-electron chi connectivity index (χ2n) is 8.84. The minimum atomic E-state index is -0.225. The van der Waals surface area contributed by atoms with Crippen LogP contribution >= 0.6 is 0 Å². The second kappa shape index (κ2) is 8.70. The average molecular weight is 462 g/mol. The molecule has 1 aliphatic rings. The number of imidazole rings is 1. The molecule has 0 fully saturated rings. The number of fused-ring (bicyclic) bond motifs is 1. The summed E-state index contributed by atoms with van der Waals surface area (Å²) in [6.07, 6.45) is 4.29. The summed E-state index contributed by atoms with van der Waals surface area (Å²) in [5.41, 5.74) is 5.36. The molecule has 0 aliphatic carbocycles. The Morgan fingerprint density at radius 2 is 1.76 bits per heavy atom. The van der Waals surface area contributed by atoms with Crippen LogP contribution in [0.15, 0.2) is 53.6 Å². The lowest BCUT2D eigenvalue weighted by Gasteiger charge is -2.21. The van der Waals surface area contributed by atoms with Gasteiger partial charge in [-0.05, 0) is 61.7 Å². The van der Waals surface area contributed by atoms with Crippen molar-refractivity contribution in [3.8, 4) is 17.2 Å². The molecular formula is C26H28FN5O2. The Labute approximate surface area is 197 Å². The van der Waals surface area contributed by atoms with Gasteiger partial charge in [0.2, 0.25) is 0 Å². The molecule has 5 rings (SSSR count). The summed E-state index contributed by atoms with van der Waals surface area (Å²) in [5, 5.41) is 8.36. The monoisotopic (exact) mass is 461 g/mol. The summed E-state index contributed by atoms with van der Waals surface area (Å²) >= 11 is 0. The van der Waals surface area contributed by atoms with Crippen molar-refractivity contribution < 1.29 is 9.13 Å². The molecule has 0 amide bonds. The fourth-order valence-electron chi connectivity index (χ4n) is 4.71. The Kier molecular flexibility index (Phi) is 5.71. The number of aryl methyl sites for hydroxylation is 2. The van der Waals surface area contributed by atoms with Gasteiger partial charge in [0.25, 0.3) is 0 Å². The smallest absolute Gasteiger partial charge is 0.338 e. The molecule has 4 aromatic rings. The van der Waals surface area contributed by atoms with E-state index in [1.807, 2.05) is 24.3 Å². The molecule has 2 aromatic heterocycles. The van der Waals surface area contributed by atoms with Gasteiger partial charge in [-0.25, -0.2) is 13.9 Å². The van der Waals surface area contributed by atoms with Gasteiger partial charge < -0.3 is 10.1 Å². The van der Waals surface area contributed by atoms with Gasteiger partial charge in [0.15, 0.2) is 0 Å². The molecule has 0 bridgehead atoms. The van der Waals surface area contributed by atoms with Crippen LogP contribution in [0.5, 0.6) is 0 Å². The van der Waals surface area contributed by atoms with Crippen LogP contribution in [-0.4, -0.2) is 32.6 Å². The minimum absolute atomic E-state index is 0.0266. The highest BCUT2D eigenvalue weighted by Crippen LogP contribution is 2.31. The third-order valence-electron chi connectivity index (χ3n) is 6.41. The minimum Gasteiger partial charge on any atom is -0.380 e. The van der Waals surface area contributed by atoms with Gasteiger partial charge in [0, 0.05) is 44.1 Å². The molecule has 3 heterocycles. The quantitative estimate of drug-likeness (QED) is 0.489. The molecule has 0 spiro atoms. The van der Waals surface area contributed by atoms with Crippen molar-refractivity contribution in [3.63, 3.8) is 0 Å².